The van der Waals surface area contributed by atoms with Crippen LogP contribution in [0.25, 0.3) is 0 Å². The summed E-state index contributed by atoms with van der Waals surface area (Å²) >= 11 is 6.42. The zero-order chi connectivity index (χ0) is 22.8. The SMILES string of the molecule is O=[N+]([O-])c1ccc2c(c1)C1(CN3CCC(O)(c4cccnc4)CC3)CC2c2ccc(Cl)cc21. The Morgan fingerprint density at radius 3 is 2.55 bits per heavy atom. The quantitative estimate of drug-likeness (QED) is 0.447. The Kier molecular flexibility index (Phi) is 4.63. The Morgan fingerprint density at radius 2 is 1.85 bits per heavy atom. The lowest BCUT2D eigenvalue weighted by Crippen LogP contribution is -2.47. The molecule has 168 valence electrons. The molecule has 1 fully saturated rings. The smallest absolute Gasteiger partial charge is 0.269 e. The van der Waals surface area contributed by atoms with Crippen molar-refractivity contribution >= 4 is 17.3 Å². The summed E-state index contributed by atoms with van der Waals surface area (Å²) in [5.41, 5.74) is 4.54. The minimum absolute atomic E-state index is 0.133. The van der Waals surface area contributed by atoms with Crippen LogP contribution in [-0.4, -0.2) is 39.5 Å². The molecule has 2 aliphatic carbocycles. The molecule has 0 amide bonds. The molecule has 1 aromatic heterocycles. The van der Waals surface area contributed by atoms with E-state index in [2.05, 4.69) is 22.0 Å². The lowest BCUT2D eigenvalue weighted by Gasteiger charge is -2.42. The van der Waals surface area contributed by atoms with Gasteiger partial charge < -0.3 is 10.0 Å². The number of non-ortho nitro benzene ring substituents is 1. The average molecular weight is 462 g/mol. The van der Waals surface area contributed by atoms with Gasteiger partial charge in [-0.1, -0.05) is 29.8 Å². The van der Waals surface area contributed by atoms with Crippen molar-refractivity contribution in [3.05, 3.63) is 104 Å². The molecule has 0 spiro atoms. The van der Waals surface area contributed by atoms with E-state index in [4.69, 9.17) is 11.6 Å². The molecule has 33 heavy (non-hydrogen) atoms. The van der Waals surface area contributed by atoms with Crippen LogP contribution in [0.1, 0.15) is 53.0 Å². The molecule has 0 radical (unpaired) electrons. The minimum atomic E-state index is -0.867. The van der Waals surface area contributed by atoms with Crippen molar-refractivity contribution in [1.82, 2.24) is 9.88 Å². The van der Waals surface area contributed by atoms with Gasteiger partial charge in [0.25, 0.3) is 5.69 Å². The van der Waals surface area contributed by atoms with E-state index in [9.17, 15) is 15.2 Å². The summed E-state index contributed by atoms with van der Waals surface area (Å²) in [4.78, 5) is 17.8. The number of hydrogen-bond donors (Lipinski definition) is 1. The number of nitro benzene ring substituents is 1. The first-order valence-corrected chi connectivity index (χ1v) is 11.7. The number of fused-ring (bicyclic) bond motifs is 8. The number of aromatic nitrogens is 1. The van der Waals surface area contributed by atoms with Crippen molar-refractivity contribution < 1.29 is 10.0 Å². The molecule has 0 saturated carbocycles. The molecule has 2 bridgehead atoms. The van der Waals surface area contributed by atoms with E-state index in [1.165, 1.54) is 16.7 Å². The van der Waals surface area contributed by atoms with E-state index in [1.807, 2.05) is 24.3 Å². The average Bonchev–Trinajstić information content (AvgIpc) is 3.32. The first kappa shape index (κ1) is 20.8. The zero-order valence-electron chi connectivity index (χ0n) is 18.1. The molecule has 3 aromatic rings. The number of hydrogen-bond acceptors (Lipinski definition) is 5. The van der Waals surface area contributed by atoms with Gasteiger partial charge in [-0.25, -0.2) is 0 Å². The molecule has 2 aromatic carbocycles. The number of nitrogens with zero attached hydrogens (tertiary/aromatic N) is 3. The highest BCUT2D eigenvalue weighted by atomic mass is 35.5. The Hall–Kier alpha value is -2.80. The maximum Gasteiger partial charge on any atom is 0.269 e. The maximum absolute atomic E-state index is 11.5. The summed E-state index contributed by atoms with van der Waals surface area (Å²) in [6.07, 6.45) is 5.63. The van der Waals surface area contributed by atoms with Gasteiger partial charge in [-0.05, 0) is 59.7 Å². The van der Waals surface area contributed by atoms with Crippen LogP contribution < -0.4 is 0 Å². The number of benzene rings is 2. The van der Waals surface area contributed by atoms with Crippen LogP contribution in [0.2, 0.25) is 5.02 Å². The monoisotopic (exact) mass is 461 g/mol. The normalized spacial score (nSPS) is 25.0. The Labute approximate surface area is 197 Å². The molecule has 6 rings (SSSR count). The lowest BCUT2D eigenvalue weighted by atomic mass is 9.74. The first-order valence-electron chi connectivity index (χ1n) is 11.3. The highest BCUT2D eigenvalue weighted by Crippen LogP contribution is 2.61. The summed E-state index contributed by atoms with van der Waals surface area (Å²) in [6, 6.07) is 15.2. The molecule has 1 saturated heterocycles. The Balaban J connectivity index is 1.35. The third-order valence-electron chi connectivity index (χ3n) is 7.97. The fourth-order valence-corrected chi connectivity index (χ4v) is 6.52. The first-order chi connectivity index (χ1) is 15.9. The van der Waals surface area contributed by atoms with Crippen LogP contribution in [0.15, 0.2) is 60.9 Å². The van der Waals surface area contributed by atoms with E-state index in [0.717, 1.165) is 37.2 Å². The molecular formula is C26H24ClN3O3. The number of aliphatic hydroxyl groups is 1. The molecule has 1 aliphatic heterocycles. The van der Waals surface area contributed by atoms with Crippen LogP contribution in [0, 0.1) is 10.1 Å². The number of nitro groups is 1. The van der Waals surface area contributed by atoms with E-state index >= 15 is 0 Å². The van der Waals surface area contributed by atoms with Gasteiger partial charge in [0.1, 0.15) is 0 Å². The topological polar surface area (TPSA) is 79.5 Å². The summed E-state index contributed by atoms with van der Waals surface area (Å²) < 4.78 is 0. The molecule has 7 heteroatoms. The predicted molar refractivity (Wildman–Crippen MR) is 126 cm³/mol. The van der Waals surface area contributed by atoms with Gasteiger partial charge in [-0.15, -0.1) is 0 Å². The van der Waals surface area contributed by atoms with Crippen molar-refractivity contribution in [1.29, 1.82) is 0 Å². The van der Waals surface area contributed by atoms with Crippen molar-refractivity contribution in [3.8, 4) is 0 Å². The highest BCUT2D eigenvalue weighted by Gasteiger charge is 2.54. The second-order valence-corrected chi connectivity index (χ2v) is 10.1. The van der Waals surface area contributed by atoms with E-state index in [1.54, 1.807) is 24.5 Å². The van der Waals surface area contributed by atoms with Gasteiger partial charge in [0, 0.05) is 66.1 Å². The Morgan fingerprint density at radius 1 is 1.12 bits per heavy atom. The fraction of sp³-hybridized carbons (Fsp3) is 0.346. The molecule has 2 heterocycles. The van der Waals surface area contributed by atoms with Crippen LogP contribution in [0.4, 0.5) is 5.69 Å². The second-order valence-electron chi connectivity index (χ2n) is 9.65. The molecular weight excluding hydrogens is 438 g/mol. The Bertz CT molecular complexity index is 1260. The molecule has 2 atom stereocenters. The number of piperidine rings is 1. The van der Waals surface area contributed by atoms with Crippen LogP contribution in [0.5, 0.6) is 0 Å². The maximum atomic E-state index is 11.5. The van der Waals surface area contributed by atoms with E-state index in [-0.39, 0.29) is 21.9 Å². The molecule has 2 unspecified atom stereocenters. The van der Waals surface area contributed by atoms with Gasteiger partial charge in [-0.2, -0.15) is 0 Å². The van der Waals surface area contributed by atoms with Gasteiger partial charge in [-0.3, -0.25) is 15.1 Å². The zero-order valence-corrected chi connectivity index (χ0v) is 18.8. The predicted octanol–water partition coefficient (Wildman–Crippen LogP) is 4.76. The molecule has 1 N–H and O–H groups in total. The largest absolute Gasteiger partial charge is 0.385 e. The highest BCUT2D eigenvalue weighted by molar-refractivity contribution is 6.30. The van der Waals surface area contributed by atoms with Crippen LogP contribution in [0.3, 0.4) is 0 Å². The third-order valence-corrected chi connectivity index (χ3v) is 8.21. The van der Waals surface area contributed by atoms with Gasteiger partial charge in [0.05, 0.1) is 10.5 Å². The van der Waals surface area contributed by atoms with Crippen molar-refractivity contribution in [2.75, 3.05) is 19.6 Å². The van der Waals surface area contributed by atoms with Gasteiger partial charge in [0.2, 0.25) is 0 Å². The second kappa shape index (κ2) is 7.35. The minimum Gasteiger partial charge on any atom is -0.385 e. The number of halogens is 1. The van der Waals surface area contributed by atoms with Crippen molar-refractivity contribution in [3.63, 3.8) is 0 Å². The van der Waals surface area contributed by atoms with Crippen molar-refractivity contribution in [2.24, 2.45) is 0 Å². The van der Waals surface area contributed by atoms with Crippen LogP contribution in [-0.2, 0) is 11.0 Å². The van der Waals surface area contributed by atoms with E-state index < -0.39 is 5.60 Å². The number of pyridine rings is 1. The van der Waals surface area contributed by atoms with Crippen LogP contribution >= 0.6 is 11.6 Å². The molecule has 6 nitrogen and oxygen atoms in total. The van der Waals surface area contributed by atoms with Gasteiger partial charge in [0.15, 0.2) is 0 Å². The van der Waals surface area contributed by atoms with E-state index in [0.29, 0.717) is 17.9 Å². The standard InChI is InChI=1S/C26H24ClN3O3/c27-18-3-5-20-22-14-25(23(20)12-18,24-13-19(30(32)33)4-6-21(22)24)16-29-10-7-26(31,8-11-29)17-2-1-9-28-15-17/h1-6,9,12-13,15,22,31H,7-8,10-11,14,16H2. The summed E-state index contributed by atoms with van der Waals surface area (Å²) in [7, 11) is 0. The summed E-state index contributed by atoms with van der Waals surface area (Å²) in [5, 5.41) is 23.5. The molecule has 3 aliphatic rings. The van der Waals surface area contributed by atoms with Crippen molar-refractivity contribution in [2.45, 2.75) is 36.2 Å². The third kappa shape index (κ3) is 3.12. The lowest BCUT2D eigenvalue weighted by molar-refractivity contribution is -0.385. The van der Waals surface area contributed by atoms with Gasteiger partial charge >= 0.3 is 0 Å². The fourth-order valence-electron chi connectivity index (χ4n) is 6.35. The number of rotatable bonds is 4. The number of likely N-dealkylation sites (tertiary alicyclic amines) is 1. The summed E-state index contributed by atoms with van der Waals surface area (Å²) in [6.45, 7) is 2.25. The summed E-state index contributed by atoms with van der Waals surface area (Å²) in [5.74, 6) is 0.241.